The molecular weight excluding hydrogens is 240 g/mol. The lowest BCUT2D eigenvalue weighted by Crippen LogP contribution is -2.38. The fourth-order valence-electron chi connectivity index (χ4n) is 3.22. The third-order valence-electron chi connectivity index (χ3n) is 4.59. The van der Waals surface area contributed by atoms with E-state index in [4.69, 9.17) is 0 Å². The summed E-state index contributed by atoms with van der Waals surface area (Å²) in [6, 6.07) is 0. The van der Waals surface area contributed by atoms with Crippen LogP contribution in [0, 0.1) is 17.3 Å². The number of amides is 2. The van der Waals surface area contributed by atoms with Crippen LogP contribution >= 0.6 is 0 Å². The predicted molar refractivity (Wildman–Crippen MR) is 74.5 cm³/mol. The zero-order valence-corrected chi connectivity index (χ0v) is 12.4. The summed E-state index contributed by atoms with van der Waals surface area (Å²) >= 11 is 0. The van der Waals surface area contributed by atoms with Crippen LogP contribution in [0.25, 0.3) is 0 Å². The lowest BCUT2D eigenvalue weighted by Gasteiger charge is -2.30. The van der Waals surface area contributed by atoms with Crippen LogP contribution < -0.4 is 5.32 Å². The summed E-state index contributed by atoms with van der Waals surface area (Å²) in [6.45, 7) is 9.09. The first-order valence-electron chi connectivity index (χ1n) is 7.43. The Bertz CT molecular complexity index is 360. The van der Waals surface area contributed by atoms with Crippen molar-refractivity contribution in [2.24, 2.45) is 17.3 Å². The highest BCUT2D eigenvalue weighted by molar-refractivity contribution is 5.89. The van der Waals surface area contributed by atoms with Crippen molar-refractivity contribution in [1.29, 1.82) is 0 Å². The number of hydrogen-bond acceptors (Lipinski definition) is 2. The second-order valence-corrected chi connectivity index (χ2v) is 7.02. The normalized spacial score (nSPS) is 29.0. The lowest BCUT2D eigenvalue weighted by molar-refractivity contribution is -0.135. The van der Waals surface area contributed by atoms with E-state index < -0.39 is 0 Å². The molecule has 0 aliphatic carbocycles. The zero-order chi connectivity index (χ0) is 14.0. The molecule has 2 aliphatic rings. The van der Waals surface area contributed by atoms with Gasteiger partial charge in [-0.3, -0.25) is 9.59 Å². The first kappa shape index (κ1) is 14.4. The molecule has 19 heavy (non-hydrogen) atoms. The molecule has 108 valence electrons. The molecule has 2 heterocycles. The molecular formula is C15H26N2O2. The summed E-state index contributed by atoms with van der Waals surface area (Å²) in [4.78, 5) is 25.6. The van der Waals surface area contributed by atoms with E-state index in [9.17, 15) is 9.59 Å². The summed E-state index contributed by atoms with van der Waals surface area (Å²) in [7, 11) is 0. The second kappa shape index (κ2) is 5.51. The topological polar surface area (TPSA) is 49.4 Å². The van der Waals surface area contributed by atoms with Gasteiger partial charge < -0.3 is 10.2 Å². The van der Waals surface area contributed by atoms with E-state index in [-0.39, 0.29) is 17.7 Å². The number of carbonyl (C=O) groups is 2. The molecule has 1 N–H and O–H groups in total. The second-order valence-electron chi connectivity index (χ2n) is 7.02. The summed E-state index contributed by atoms with van der Waals surface area (Å²) in [5.41, 5.74) is 0.323. The van der Waals surface area contributed by atoms with Gasteiger partial charge in [-0.1, -0.05) is 20.8 Å². The lowest BCUT2D eigenvalue weighted by atomic mass is 9.77. The van der Waals surface area contributed by atoms with Gasteiger partial charge in [0.15, 0.2) is 0 Å². The van der Waals surface area contributed by atoms with Crippen molar-refractivity contribution in [1.82, 2.24) is 10.2 Å². The number of nitrogens with zero attached hydrogens (tertiary/aromatic N) is 1. The molecule has 2 amide bonds. The molecule has 0 aromatic rings. The fraction of sp³-hybridized carbons (Fsp3) is 0.867. The van der Waals surface area contributed by atoms with Gasteiger partial charge in [-0.2, -0.15) is 0 Å². The van der Waals surface area contributed by atoms with E-state index in [0.717, 1.165) is 25.9 Å². The average molecular weight is 266 g/mol. The van der Waals surface area contributed by atoms with Crippen LogP contribution in [0.5, 0.6) is 0 Å². The summed E-state index contributed by atoms with van der Waals surface area (Å²) < 4.78 is 0. The van der Waals surface area contributed by atoms with Gasteiger partial charge >= 0.3 is 0 Å². The van der Waals surface area contributed by atoms with Gasteiger partial charge in [0.25, 0.3) is 0 Å². The van der Waals surface area contributed by atoms with Crippen molar-refractivity contribution >= 4 is 11.8 Å². The van der Waals surface area contributed by atoms with Gasteiger partial charge in [0.1, 0.15) is 0 Å². The van der Waals surface area contributed by atoms with Crippen LogP contribution in [-0.2, 0) is 9.59 Å². The molecule has 4 nitrogen and oxygen atoms in total. The number of likely N-dealkylation sites (tertiary alicyclic amines) is 1. The van der Waals surface area contributed by atoms with E-state index in [1.165, 1.54) is 6.42 Å². The highest BCUT2D eigenvalue weighted by atomic mass is 16.2. The Hall–Kier alpha value is -1.06. The highest BCUT2D eigenvalue weighted by Gasteiger charge is 2.33. The summed E-state index contributed by atoms with van der Waals surface area (Å²) in [5, 5.41) is 2.75. The quantitative estimate of drug-likeness (QED) is 0.786. The van der Waals surface area contributed by atoms with Gasteiger partial charge in [0, 0.05) is 26.1 Å². The summed E-state index contributed by atoms with van der Waals surface area (Å²) in [6.07, 6.45) is 3.75. The molecule has 2 fully saturated rings. The Labute approximate surface area is 115 Å². The molecule has 0 aromatic carbocycles. The molecule has 2 atom stereocenters. The minimum atomic E-state index is -0.126. The first-order chi connectivity index (χ1) is 8.88. The Balaban J connectivity index is 1.92. The minimum absolute atomic E-state index is 0.0146. The van der Waals surface area contributed by atoms with Crippen molar-refractivity contribution < 1.29 is 9.59 Å². The smallest absolute Gasteiger partial charge is 0.227 e. The number of nitrogens with one attached hydrogen (secondary N) is 1. The monoisotopic (exact) mass is 266 g/mol. The van der Waals surface area contributed by atoms with E-state index in [1.807, 2.05) is 4.90 Å². The van der Waals surface area contributed by atoms with Crippen molar-refractivity contribution in [2.45, 2.75) is 46.5 Å². The van der Waals surface area contributed by atoms with Crippen LogP contribution in [0.1, 0.15) is 46.5 Å². The molecule has 4 heteroatoms. The number of carbonyl (C=O) groups excluding carboxylic acids is 2. The molecule has 0 spiro atoms. The van der Waals surface area contributed by atoms with Crippen molar-refractivity contribution in [3.05, 3.63) is 0 Å². The van der Waals surface area contributed by atoms with Crippen LogP contribution in [0.15, 0.2) is 0 Å². The zero-order valence-electron chi connectivity index (χ0n) is 12.4. The average Bonchev–Trinajstić information content (AvgIpc) is 2.62. The van der Waals surface area contributed by atoms with Gasteiger partial charge in [-0.15, -0.1) is 0 Å². The van der Waals surface area contributed by atoms with Gasteiger partial charge in [-0.25, -0.2) is 0 Å². The van der Waals surface area contributed by atoms with E-state index >= 15 is 0 Å². The third kappa shape index (κ3) is 3.48. The Morgan fingerprint density at radius 3 is 2.58 bits per heavy atom. The van der Waals surface area contributed by atoms with Crippen molar-refractivity contribution in [3.63, 3.8) is 0 Å². The Morgan fingerprint density at radius 1 is 1.26 bits per heavy atom. The van der Waals surface area contributed by atoms with Crippen LogP contribution in [-0.4, -0.2) is 36.3 Å². The van der Waals surface area contributed by atoms with Gasteiger partial charge in [0.2, 0.25) is 11.8 Å². The highest BCUT2D eigenvalue weighted by Crippen LogP contribution is 2.34. The van der Waals surface area contributed by atoms with Crippen LogP contribution in [0.4, 0.5) is 0 Å². The molecule has 2 unspecified atom stereocenters. The van der Waals surface area contributed by atoms with Gasteiger partial charge in [-0.05, 0) is 30.6 Å². The van der Waals surface area contributed by atoms with E-state index in [1.54, 1.807) is 0 Å². The van der Waals surface area contributed by atoms with Gasteiger partial charge in [0.05, 0.1) is 5.92 Å². The van der Waals surface area contributed by atoms with E-state index in [0.29, 0.717) is 24.3 Å². The molecule has 0 bridgehead atoms. The summed E-state index contributed by atoms with van der Waals surface area (Å²) in [5.74, 6) is 0.751. The van der Waals surface area contributed by atoms with E-state index in [2.05, 4.69) is 26.1 Å². The fourth-order valence-corrected chi connectivity index (χ4v) is 3.22. The molecule has 2 rings (SSSR count). The molecule has 2 aliphatic heterocycles. The minimum Gasteiger partial charge on any atom is -0.355 e. The first-order valence-corrected chi connectivity index (χ1v) is 7.43. The number of rotatable bonds is 1. The van der Waals surface area contributed by atoms with Crippen LogP contribution in [0.2, 0.25) is 0 Å². The standard InChI is InChI=1S/C15H26N2O2/c1-15(2,3)12-5-4-7-17(8-6-12)14(19)11-9-13(18)16-10-11/h11-12H,4-10H2,1-3H3,(H,16,18). The maximum Gasteiger partial charge on any atom is 0.227 e. The van der Waals surface area contributed by atoms with Crippen molar-refractivity contribution in [3.8, 4) is 0 Å². The van der Waals surface area contributed by atoms with Crippen molar-refractivity contribution in [2.75, 3.05) is 19.6 Å². The number of hydrogen-bond donors (Lipinski definition) is 1. The molecule has 0 saturated carbocycles. The predicted octanol–water partition coefficient (Wildman–Crippen LogP) is 1.80. The maximum absolute atomic E-state index is 12.4. The van der Waals surface area contributed by atoms with Crippen LogP contribution in [0.3, 0.4) is 0 Å². The molecule has 2 saturated heterocycles. The molecule has 0 aromatic heterocycles. The Kier molecular flexibility index (Phi) is 4.16. The maximum atomic E-state index is 12.4. The SMILES string of the molecule is CC(C)(C)C1CCCN(C(=O)C2CNC(=O)C2)CC1. The Morgan fingerprint density at radius 2 is 2.00 bits per heavy atom. The molecule has 0 radical (unpaired) electrons. The largest absolute Gasteiger partial charge is 0.355 e. The third-order valence-corrected chi connectivity index (χ3v) is 4.59.